The van der Waals surface area contributed by atoms with Gasteiger partial charge in [-0.3, -0.25) is 0 Å². The zero-order valence-corrected chi connectivity index (χ0v) is 40.9. The maximum atomic E-state index is 11.4. The summed E-state index contributed by atoms with van der Waals surface area (Å²) in [4.78, 5) is 45.4. The molecule has 0 amide bonds. The van der Waals surface area contributed by atoms with E-state index in [1.165, 1.54) is 0 Å². The van der Waals surface area contributed by atoms with E-state index < -0.39 is 46.3 Å². The molecule has 0 aliphatic heterocycles. The molecule has 0 radical (unpaired) electrons. The van der Waals surface area contributed by atoms with Crippen LogP contribution in [-0.4, -0.2) is 59.6 Å². The fourth-order valence-corrected chi connectivity index (χ4v) is 7.08. The Bertz CT molecular complexity index is 2270. The van der Waals surface area contributed by atoms with Crippen molar-refractivity contribution in [2.24, 2.45) is 0 Å². The van der Waals surface area contributed by atoms with Gasteiger partial charge in [0.15, 0.2) is 5.60 Å². The van der Waals surface area contributed by atoms with Crippen LogP contribution in [0.5, 0.6) is 0 Å². The maximum absolute atomic E-state index is 11.4. The molecular formula is C56H47O12Th-. The van der Waals surface area contributed by atoms with Crippen LogP contribution in [0.15, 0.2) is 243 Å². The van der Waals surface area contributed by atoms with Gasteiger partial charge < -0.3 is 45.6 Å². The first kappa shape index (κ1) is 54.4. The molecule has 0 saturated carbocycles. The Labute approximate surface area is 430 Å². The van der Waals surface area contributed by atoms with E-state index in [0.29, 0.717) is 33.4 Å². The number of aliphatic hydroxyl groups is 4. The second-order valence-electron chi connectivity index (χ2n) is 15.0. The normalized spacial score (nSPS) is 11.0. The van der Waals surface area contributed by atoms with Gasteiger partial charge in [-0.15, -0.1) is 0 Å². The first-order valence-electron chi connectivity index (χ1n) is 20.9. The minimum absolute atomic E-state index is 0. The average molecular weight is 1140 g/mol. The molecule has 0 unspecified atom stereocenters. The summed E-state index contributed by atoms with van der Waals surface area (Å²) < 4.78 is 0. The molecule has 0 aromatic heterocycles. The summed E-state index contributed by atoms with van der Waals surface area (Å²) >= 11 is 0. The third kappa shape index (κ3) is 12.7. The summed E-state index contributed by atoms with van der Waals surface area (Å²) in [5.74, 6) is -5.38. The Morgan fingerprint density at radius 2 is 0.377 bits per heavy atom. The summed E-state index contributed by atoms with van der Waals surface area (Å²) in [5, 5.41) is 80.8. The molecular weight excluding hydrogens is 1100 g/mol. The van der Waals surface area contributed by atoms with Crippen LogP contribution >= 0.6 is 0 Å². The van der Waals surface area contributed by atoms with Gasteiger partial charge in [-0.25, -0.2) is 14.4 Å². The largest absolute Gasteiger partial charge is 0.546 e. The minimum Gasteiger partial charge on any atom is -0.546 e. The number of carbonyl (C=O) groups is 4. The van der Waals surface area contributed by atoms with Crippen LogP contribution in [0.1, 0.15) is 44.5 Å². The third-order valence-electron chi connectivity index (χ3n) is 10.8. The van der Waals surface area contributed by atoms with Crippen molar-refractivity contribution in [3.63, 3.8) is 0 Å². The average Bonchev–Trinajstić information content (AvgIpc) is 3.40. The standard InChI is InChI=1S/4C14H12O3.Th/c4*15-13(16)14(17,11-7-3-1-4-8-11)12-9-5-2-6-10-12;/h4*1-10,17H,(H,15,16);/p-1. The van der Waals surface area contributed by atoms with Gasteiger partial charge in [-0.05, 0) is 44.5 Å². The maximum Gasteiger partial charge on any atom is 0.345 e. The summed E-state index contributed by atoms with van der Waals surface area (Å²) in [6.07, 6.45) is 0. The summed E-state index contributed by atoms with van der Waals surface area (Å²) in [6, 6.07) is 66.7. The monoisotopic (exact) mass is 1140 g/mol. The second kappa shape index (κ2) is 25.3. The summed E-state index contributed by atoms with van der Waals surface area (Å²) in [6.45, 7) is 0. The van der Waals surface area contributed by atoms with Crippen molar-refractivity contribution in [1.29, 1.82) is 0 Å². The number of hydrogen-bond acceptors (Lipinski definition) is 9. The van der Waals surface area contributed by atoms with E-state index in [-0.39, 0.29) is 51.1 Å². The van der Waals surface area contributed by atoms with Crippen molar-refractivity contribution in [1.82, 2.24) is 0 Å². The first-order valence-corrected chi connectivity index (χ1v) is 20.9. The quantitative estimate of drug-likeness (QED) is 0.0678. The van der Waals surface area contributed by atoms with Crippen LogP contribution in [0.3, 0.4) is 0 Å². The van der Waals surface area contributed by atoms with Gasteiger partial charge in [0.05, 0.1) is 5.97 Å². The molecule has 0 fully saturated rings. The van der Waals surface area contributed by atoms with Gasteiger partial charge in [-0.2, -0.15) is 0 Å². The Morgan fingerprint density at radius 3 is 0.478 bits per heavy atom. The molecule has 0 atom stereocenters. The van der Waals surface area contributed by atoms with E-state index in [0.717, 1.165) is 0 Å². The second-order valence-corrected chi connectivity index (χ2v) is 15.0. The first-order chi connectivity index (χ1) is 32.6. The number of aliphatic carboxylic acids is 4. The fraction of sp³-hybridized carbons (Fsp3) is 0.0714. The van der Waals surface area contributed by atoms with Gasteiger partial charge in [-0.1, -0.05) is 243 Å². The fourth-order valence-electron chi connectivity index (χ4n) is 7.08. The van der Waals surface area contributed by atoms with Gasteiger partial charge in [0, 0.05) is 39.9 Å². The molecule has 0 spiro atoms. The Balaban J connectivity index is 0.000000199. The topological polar surface area (TPSA) is 233 Å². The zero-order chi connectivity index (χ0) is 49.2. The molecule has 8 aromatic carbocycles. The van der Waals surface area contributed by atoms with Crippen LogP contribution in [0.4, 0.5) is 0 Å². The molecule has 69 heavy (non-hydrogen) atoms. The van der Waals surface area contributed by atoms with Crippen molar-refractivity contribution >= 4 is 23.9 Å². The predicted molar refractivity (Wildman–Crippen MR) is 251 cm³/mol. The Hall–Kier alpha value is -7.20. The molecule has 0 bridgehead atoms. The van der Waals surface area contributed by atoms with Crippen molar-refractivity contribution < 1.29 is 100.0 Å². The van der Waals surface area contributed by atoms with Crippen LogP contribution < -0.4 is 5.11 Å². The van der Waals surface area contributed by atoms with Crippen molar-refractivity contribution in [3.8, 4) is 0 Å². The Kier molecular flexibility index (Phi) is 19.9. The van der Waals surface area contributed by atoms with Gasteiger partial charge in [0.25, 0.3) is 0 Å². The van der Waals surface area contributed by atoms with Crippen molar-refractivity contribution in [2.75, 3.05) is 0 Å². The molecule has 7 N–H and O–H groups in total. The van der Waals surface area contributed by atoms with Gasteiger partial charge >= 0.3 is 17.9 Å². The van der Waals surface area contributed by atoms with E-state index in [4.69, 9.17) is 0 Å². The van der Waals surface area contributed by atoms with Crippen LogP contribution in [-0.2, 0) is 41.6 Å². The van der Waals surface area contributed by atoms with E-state index in [9.17, 15) is 60.0 Å². The zero-order valence-electron chi connectivity index (χ0n) is 36.8. The van der Waals surface area contributed by atoms with Gasteiger partial charge in [0.1, 0.15) is 0 Å². The van der Waals surface area contributed by atoms with Crippen LogP contribution in [0.2, 0.25) is 0 Å². The smallest absolute Gasteiger partial charge is 0.345 e. The molecule has 0 heterocycles. The number of hydrogen-bond donors (Lipinski definition) is 7. The van der Waals surface area contributed by atoms with Crippen molar-refractivity contribution in [2.45, 2.75) is 22.4 Å². The van der Waals surface area contributed by atoms with Crippen molar-refractivity contribution in [3.05, 3.63) is 287 Å². The number of carboxylic acid groups (broad SMARTS) is 4. The van der Waals surface area contributed by atoms with E-state index in [2.05, 4.69) is 0 Å². The SMILES string of the molecule is O=C(O)C(O)(c1ccccc1)c1ccccc1.O=C(O)C(O)(c1ccccc1)c1ccccc1.O=C(O)C(O)(c1ccccc1)c1ccccc1.O=C([O-])C(O)(c1ccccc1)c1ccccc1.[Th]. The van der Waals surface area contributed by atoms with Gasteiger partial charge in [0.2, 0.25) is 16.8 Å². The van der Waals surface area contributed by atoms with E-state index in [1.54, 1.807) is 243 Å². The molecule has 0 aliphatic carbocycles. The number of carbonyl (C=O) groups excluding carboxylic acids is 1. The molecule has 348 valence electrons. The van der Waals surface area contributed by atoms with Crippen LogP contribution in [0, 0.1) is 39.9 Å². The molecule has 12 nitrogen and oxygen atoms in total. The molecule has 8 aromatic rings. The van der Waals surface area contributed by atoms with Crippen LogP contribution in [0.25, 0.3) is 0 Å². The summed E-state index contributed by atoms with van der Waals surface area (Å²) in [5.41, 5.74) is -5.46. The predicted octanol–water partition coefficient (Wildman–Crippen LogP) is 6.69. The number of carboxylic acids is 4. The van der Waals surface area contributed by atoms with E-state index >= 15 is 0 Å². The minimum atomic E-state index is -2.11. The molecule has 0 saturated heterocycles. The van der Waals surface area contributed by atoms with E-state index in [1.807, 2.05) is 0 Å². The Morgan fingerprint density at radius 1 is 0.261 bits per heavy atom. The number of benzene rings is 8. The molecule has 0 aliphatic rings. The summed E-state index contributed by atoms with van der Waals surface area (Å²) in [7, 11) is 0. The third-order valence-corrected chi connectivity index (χ3v) is 10.8. The molecule has 8 rings (SSSR count). The molecule has 13 heteroatoms. The number of rotatable bonds is 12.